The molecule has 4 N–H and O–H groups in total. The topological polar surface area (TPSA) is 114 Å². The SMILES string of the molecule is CCN(CC)c1ccc(C=C(NC(=O)c2ccccc2)C(=O)N/N=C/c2c(C)c(Br)c(O)c(C)c2O)cc1. The Balaban J connectivity index is 1.89. The van der Waals surface area contributed by atoms with Crippen LogP contribution in [0.2, 0.25) is 0 Å². The number of anilines is 1. The molecule has 2 amide bonds. The molecule has 198 valence electrons. The van der Waals surface area contributed by atoms with Crippen molar-refractivity contribution in [3.8, 4) is 11.5 Å². The fourth-order valence-corrected chi connectivity index (χ4v) is 4.32. The van der Waals surface area contributed by atoms with Crippen molar-refractivity contribution in [2.75, 3.05) is 18.0 Å². The molecule has 0 aliphatic carbocycles. The fourth-order valence-electron chi connectivity index (χ4n) is 3.81. The zero-order chi connectivity index (χ0) is 27.8. The van der Waals surface area contributed by atoms with E-state index in [0.717, 1.165) is 24.3 Å². The summed E-state index contributed by atoms with van der Waals surface area (Å²) in [5.74, 6) is -1.31. The van der Waals surface area contributed by atoms with E-state index in [1.807, 2.05) is 24.3 Å². The summed E-state index contributed by atoms with van der Waals surface area (Å²) in [6.07, 6.45) is 2.86. The predicted octanol–water partition coefficient (Wildman–Crippen LogP) is 5.24. The zero-order valence-electron chi connectivity index (χ0n) is 21.7. The van der Waals surface area contributed by atoms with Crippen molar-refractivity contribution in [3.05, 3.63) is 92.6 Å². The van der Waals surface area contributed by atoms with Crippen molar-refractivity contribution in [1.82, 2.24) is 10.7 Å². The van der Waals surface area contributed by atoms with Crippen LogP contribution in [0.15, 0.2) is 69.9 Å². The Hall–Kier alpha value is -4.11. The number of rotatable bonds is 9. The van der Waals surface area contributed by atoms with Crippen molar-refractivity contribution in [3.63, 3.8) is 0 Å². The maximum atomic E-state index is 13.1. The minimum atomic E-state index is -0.648. The van der Waals surface area contributed by atoms with Crippen molar-refractivity contribution in [2.24, 2.45) is 5.10 Å². The molecule has 0 fully saturated rings. The highest BCUT2D eigenvalue weighted by atomic mass is 79.9. The predicted molar refractivity (Wildman–Crippen MR) is 155 cm³/mol. The molecule has 0 aliphatic rings. The lowest BCUT2D eigenvalue weighted by molar-refractivity contribution is -0.117. The number of amides is 2. The maximum Gasteiger partial charge on any atom is 0.287 e. The number of hydrogen-bond donors (Lipinski definition) is 4. The van der Waals surface area contributed by atoms with E-state index in [2.05, 4.69) is 50.5 Å². The van der Waals surface area contributed by atoms with Gasteiger partial charge in [-0.05, 0) is 85.1 Å². The molecule has 0 aliphatic heterocycles. The molecule has 0 radical (unpaired) electrons. The summed E-state index contributed by atoms with van der Waals surface area (Å²) < 4.78 is 0.421. The van der Waals surface area contributed by atoms with E-state index in [0.29, 0.717) is 21.2 Å². The Morgan fingerprint density at radius 2 is 1.58 bits per heavy atom. The largest absolute Gasteiger partial charge is 0.507 e. The third-order valence-corrected chi connectivity index (χ3v) is 7.10. The molecule has 0 unspecified atom stereocenters. The molecule has 0 saturated heterocycles. The molecular weight excluding hydrogens is 548 g/mol. The lowest BCUT2D eigenvalue weighted by atomic mass is 10.0. The van der Waals surface area contributed by atoms with Crippen molar-refractivity contribution >= 4 is 45.7 Å². The van der Waals surface area contributed by atoms with Crippen LogP contribution in [0.25, 0.3) is 6.08 Å². The van der Waals surface area contributed by atoms with Gasteiger partial charge in [0.1, 0.15) is 17.2 Å². The number of nitrogens with zero attached hydrogens (tertiary/aromatic N) is 2. The number of hydrazone groups is 1. The van der Waals surface area contributed by atoms with Gasteiger partial charge >= 0.3 is 0 Å². The van der Waals surface area contributed by atoms with Gasteiger partial charge in [-0.3, -0.25) is 9.59 Å². The van der Waals surface area contributed by atoms with E-state index in [9.17, 15) is 19.8 Å². The molecule has 9 heteroatoms. The second-order valence-electron chi connectivity index (χ2n) is 8.52. The maximum absolute atomic E-state index is 13.1. The molecule has 3 rings (SSSR count). The van der Waals surface area contributed by atoms with Crippen molar-refractivity contribution in [2.45, 2.75) is 27.7 Å². The van der Waals surface area contributed by atoms with E-state index < -0.39 is 11.8 Å². The molecule has 0 heterocycles. The average molecular weight is 579 g/mol. The van der Waals surface area contributed by atoms with Gasteiger partial charge in [0.05, 0.1) is 10.7 Å². The molecule has 0 saturated carbocycles. The van der Waals surface area contributed by atoms with Crippen LogP contribution in [0.3, 0.4) is 0 Å². The third kappa shape index (κ3) is 6.60. The molecule has 3 aromatic carbocycles. The van der Waals surface area contributed by atoms with Crippen LogP contribution in [0.5, 0.6) is 11.5 Å². The number of carbonyl (C=O) groups excluding carboxylic acids is 2. The number of nitrogens with one attached hydrogen (secondary N) is 2. The summed E-state index contributed by atoms with van der Waals surface area (Å²) in [5.41, 5.74) is 5.74. The van der Waals surface area contributed by atoms with Crippen LogP contribution < -0.4 is 15.6 Å². The quantitative estimate of drug-likeness (QED) is 0.157. The van der Waals surface area contributed by atoms with Gasteiger partial charge in [-0.15, -0.1) is 0 Å². The summed E-state index contributed by atoms with van der Waals surface area (Å²) >= 11 is 3.30. The average Bonchev–Trinajstić information content (AvgIpc) is 2.94. The lowest BCUT2D eigenvalue weighted by Gasteiger charge is -2.21. The smallest absolute Gasteiger partial charge is 0.287 e. The van der Waals surface area contributed by atoms with Crippen LogP contribution >= 0.6 is 15.9 Å². The minimum Gasteiger partial charge on any atom is -0.507 e. The van der Waals surface area contributed by atoms with Gasteiger partial charge in [0.15, 0.2) is 0 Å². The number of carbonyl (C=O) groups is 2. The highest BCUT2D eigenvalue weighted by Crippen LogP contribution is 2.39. The van der Waals surface area contributed by atoms with Crippen molar-refractivity contribution < 1.29 is 19.8 Å². The Morgan fingerprint density at radius 1 is 0.947 bits per heavy atom. The second-order valence-corrected chi connectivity index (χ2v) is 9.31. The normalized spacial score (nSPS) is 11.4. The molecule has 0 aromatic heterocycles. The lowest BCUT2D eigenvalue weighted by Crippen LogP contribution is -2.32. The molecular formula is C29H31BrN4O4. The first-order valence-electron chi connectivity index (χ1n) is 12.1. The van der Waals surface area contributed by atoms with Gasteiger partial charge in [0.25, 0.3) is 11.8 Å². The van der Waals surface area contributed by atoms with Gasteiger partial charge in [-0.25, -0.2) is 5.43 Å². The first-order valence-corrected chi connectivity index (χ1v) is 12.9. The molecule has 8 nitrogen and oxygen atoms in total. The number of phenols is 2. The molecule has 0 bridgehead atoms. The van der Waals surface area contributed by atoms with Gasteiger partial charge < -0.3 is 20.4 Å². The Labute approximate surface area is 230 Å². The fraction of sp³-hybridized carbons (Fsp3) is 0.207. The number of hydrogen-bond acceptors (Lipinski definition) is 6. The minimum absolute atomic E-state index is 0.00407. The van der Waals surface area contributed by atoms with Crippen molar-refractivity contribution in [1.29, 1.82) is 0 Å². The van der Waals surface area contributed by atoms with Crippen LogP contribution in [0, 0.1) is 13.8 Å². The van der Waals surface area contributed by atoms with Crippen LogP contribution in [-0.4, -0.2) is 41.3 Å². The highest BCUT2D eigenvalue weighted by molar-refractivity contribution is 9.10. The van der Waals surface area contributed by atoms with Crippen LogP contribution in [-0.2, 0) is 4.79 Å². The molecule has 3 aromatic rings. The zero-order valence-corrected chi connectivity index (χ0v) is 23.3. The molecule has 0 atom stereocenters. The number of phenolic OH excluding ortho intramolecular Hbond substituents is 2. The van der Waals surface area contributed by atoms with Gasteiger partial charge in [0, 0.05) is 35.5 Å². The number of benzene rings is 3. The number of aromatic hydroxyl groups is 2. The Bertz CT molecular complexity index is 1340. The Kier molecular flexibility index (Phi) is 9.67. The van der Waals surface area contributed by atoms with Crippen LogP contribution in [0.4, 0.5) is 5.69 Å². The highest BCUT2D eigenvalue weighted by Gasteiger charge is 2.17. The summed E-state index contributed by atoms with van der Waals surface area (Å²) in [6, 6.07) is 16.2. The van der Waals surface area contributed by atoms with E-state index >= 15 is 0 Å². The first-order chi connectivity index (χ1) is 18.2. The standard InChI is InChI=1S/C29H31BrN4O4/c1-5-34(6-2)22-14-12-20(13-15-22)16-24(32-28(37)21-10-8-7-9-11-21)29(38)33-31-17-23-18(3)25(30)27(36)19(4)26(23)35/h7-17,35-36H,5-6H2,1-4H3,(H,32,37)(H,33,38)/b24-16?,31-17+. The van der Waals surface area contributed by atoms with E-state index in [-0.39, 0.29) is 22.8 Å². The van der Waals surface area contributed by atoms with Gasteiger partial charge in [-0.1, -0.05) is 30.3 Å². The first kappa shape index (κ1) is 28.5. The summed E-state index contributed by atoms with van der Waals surface area (Å²) in [6.45, 7) is 9.17. The summed E-state index contributed by atoms with van der Waals surface area (Å²) in [4.78, 5) is 28.1. The van der Waals surface area contributed by atoms with Gasteiger partial charge in [0.2, 0.25) is 0 Å². The number of halogens is 1. The van der Waals surface area contributed by atoms with Gasteiger partial charge in [-0.2, -0.15) is 5.10 Å². The van der Waals surface area contributed by atoms with E-state index in [4.69, 9.17) is 0 Å². The Morgan fingerprint density at radius 3 is 2.18 bits per heavy atom. The van der Waals surface area contributed by atoms with Crippen LogP contribution in [0.1, 0.15) is 46.5 Å². The van der Waals surface area contributed by atoms with E-state index in [1.165, 1.54) is 6.21 Å². The summed E-state index contributed by atoms with van der Waals surface area (Å²) in [5, 5.41) is 27.2. The summed E-state index contributed by atoms with van der Waals surface area (Å²) in [7, 11) is 0. The molecule has 0 spiro atoms. The third-order valence-electron chi connectivity index (χ3n) is 6.13. The molecule has 38 heavy (non-hydrogen) atoms. The monoisotopic (exact) mass is 578 g/mol. The van der Waals surface area contributed by atoms with E-state index in [1.54, 1.807) is 50.3 Å². The second kappa shape index (κ2) is 12.9.